The third kappa shape index (κ3) is 2.84. The van der Waals surface area contributed by atoms with E-state index in [1.807, 2.05) is 50.6 Å². The van der Waals surface area contributed by atoms with Crippen LogP contribution >= 0.6 is 0 Å². The van der Waals surface area contributed by atoms with E-state index in [-0.39, 0.29) is 5.75 Å². The third-order valence-electron chi connectivity index (χ3n) is 5.46. The molecular formula is C21H22N6O. The summed E-state index contributed by atoms with van der Waals surface area (Å²) in [5.41, 5.74) is 3.86. The van der Waals surface area contributed by atoms with Crippen LogP contribution in [-0.4, -0.2) is 51.0 Å². The maximum absolute atomic E-state index is 10.5. The van der Waals surface area contributed by atoms with Gasteiger partial charge in [0.2, 0.25) is 0 Å². The van der Waals surface area contributed by atoms with Gasteiger partial charge in [-0.15, -0.1) is 0 Å². The molecule has 28 heavy (non-hydrogen) atoms. The zero-order valence-electron chi connectivity index (χ0n) is 15.9. The average molecular weight is 374 g/mol. The van der Waals surface area contributed by atoms with Gasteiger partial charge in [-0.05, 0) is 43.8 Å². The van der Waals surface area contributed by atoms with Crippen LogP contribution in [0, 0.1) is 0 Å². The second kappa shape index (κ2) is 6.45. The fourth-order valence-corrected chi connectivity index (χ4v) is 3.92. The number of aromatic hydroxyl groups is 1. The van der Waals surface area contributed by atoms with E-state index in [9.17, 15) is 5.11 Å². The lowest BCUT2D eigenvalue weighted by molar-refractivity contribution is 0.478. The number of phenols is 1. The molecule has 1 unspecified atom stereocenters. The van der Waals surface area contributed by atoms with E-state index < -0.39 is 0 Å². The predicted octanol–water partition coefficient (Wildman–Crippen LogP) is 2.69. The molecule has 4 heterocycles. The van der Waals surface area contributed by atoms with Crippen molar-refractivity contribution in [3.8, 4) is 17.0 Å². The molecular weight excluding hydrogens is 352 g/mol. The van der Waals surface area contributed by atoms with Gasteiger partial charge in [-0.25, -0.2) is 9.97 Å². The van der Waals surface area contributed by atoms with E-state index in [2.05, 4.69) is 15.3 Å². The van der Waals surface area contributed by atoms with Crippen molar-refractivity contribution >= 4 is 27.8 Å². The monoisotopic (exact) mass is 374 g/mol. The van der Waals surface area contributed by atoms with Crippen LogP contribution < -0.4 is 10.2 Å². The molecule has 2 N–H and O–H groups in total. The number of phenolic OH excluding ortho intramolecular Hbond substituents is 1. The molecule has 1 fully saturated rings. The summed E-state index contributed by atoms with van der Waals surface area (Å²) in [7, 11) is 3.87. The number of likely N-dealkylation sites (N-methyl/N-ethyl adjacent to an activating group) is 1. The lowest BCUT2D eigenvalue weighted by Crippen LogP contribution is -2.29. The smallest absolute Gasteiger partial charge is 0.129 e. The molecule has 142 valence electrons. The van der Waals surface area contributed by atoms with Gasteiger partial charge in [0.1, 0.15) is 11.6 Å². The summed E-state index contributed by atoms with van der Waals surface area (Å²) in [4.78, 5) is 11.8. The van der Waals surface area contributed by atoms with Crippen LogP contribution in [0.15, 0.2) is 42.6 Å². The number of aromatic nitrogens is 4. The van der Waals surface area contributed by atoms with Crippen molar-refractivity contribution in [2.45, 2.75) is 12.5 Å². The van der Waals surface area contributed by atoms with Crippen molar-refractivity contribution in [3.05, 3.63) is 42.6 Å². The first-order valence-electron chi connectivity index (χ1n) is 9.47. The zero-order valence-corrected chi connectivity index (χ0v) is 15.9. The first-order valence-corrected chi connectivity index (χ1v) is 9.47. The Morgan fingerprint density at radius 2 is 1.89 bits per heavy atom. The minimum Gasteiger partial charge on any atom is -0.507 e. The summed E-state index contributed by atoms with van der Waals surface area (Å²) in [5, 5.41) is 19.1. The van der Waals surface area contributed by atoms with E-state index in [4.69, 9.17) is 9.97 Å². The second-order valence-corrected chi connectivity index (χ2v) is 7.36. The Bertz CT molecular complexity index is 1180. The van der Waals surface area contributed by atoms with Crippen molar-refractivity contribution in [2.24, 2.45) is 7.05 Å². The maximum Gasteiger partial charge on any atom is 0.129 e. The molecule has 1 atom stereocenters. The highest BCUT2D eigenvalue weighted by molar-refractivity contribution is 5.88. The molecule has 1 aliphatic heterocycles. The van der Waals surface area contributed by atoms with E-state index in [0.717, 1.165) is 53.0 Å². The number of rotatable bonds is 3. The Kier molecular flexibility index (Phi) is 3.91. The molecule has 0 spiro atoms. The van der Waals surface area contributed by atoms with Gasteiger partial charge >= 0.3 is 0 Å². The van der Waals surface area contributed by atoms with Crippen LogP contribution in [0.4, 0.5) is 5.82 Å². The van der Waals surface area contributed by atoms with Gasteiger partial charge in [0, 0.05) is 49.4 Å². The van der Waals surface area contributed by atoms with Crippen LogP contribution in [0.25, 0.3) is 33.2 Å². The highest BCUT2D eigenvalue weighted by Crippen LogP contribution is 2.33. The van der Waals surface area contributed by atoms with Gasteiger partial charge in [-0.2, -0.15) is 5.10 Å². The number of benzene rings is 1. The highest BCUT2D eigenvalue weighted by Gasteiger charge is 2.22. The number of nitrogens with one attached hydrogen (secondary N) is 1. The number of hydrogen-bond acceptors (Lipinski definition) is 6. The van der Waals surface area contributed by atoms with E-state index in [0.29, 0.717) is 11.6 Å². The van der Waals surface area contributed by atoms with Gasteiger partial charge in [-0.1, -0.05) is 0 Å². The van der Waals surface area contributed by atoms with Crippen molar-refractivity contribution < 1.29 is 5.11 Å². The Labute approximate surface area is 162 Å². The minimum atomic E-state index is 0.179. The molecule has 0 radical (unpaired) electrons. The van der Waals surface area contributed by atoms with E-state index in [1.165, 1.54) is 0 Å². The molecule has 7 nitrogen and oxygen atoms in total. The molecule has 1 aromatic carbocycles. The molecule has 0 amide bonds. The fourth-order valence-electron chi connectivity index (χ4n) is 3.92. The van der Waals surface area contributed by atoms with Crippen molar-refractivity contribution in [2.75, 3.05) is 25.0 Å². The molecule has 7 heteroatoms. The number of aryl methyl sites for hydroxylation is 1. The second-order valence-electron chi connectivity index (χ2n) is 7.36. The van der Waals surface area contributed by atoms with Crippen molar-refractivity contribution in [3.63, 3.8) is 0 Å². The predicted molar refractivity (Wildman–Crippen MR) is 111 cm³/mol. The number of anilines is 1. The van der Waals surface area contributed by atoms with E-state index in [1.54, 1.807) is 10.7 Å². The molecule has 5 rings (SSSR count). The van der Waals surface area contributed by atoms with Crippen LogP contribution in [0.2, 0.25) is 0 Å². The average Bonchev–Trinajstić information content (AvgIpc) is 3.32. The van der Waals surface area contributed by atoms with Crippen LogP contribution in [0.1, 0.15) is 6.42 Å². The summed E-state index contributed by atoms with van der Waals surface area (Å²) < 4.78 is 1.74. The number of nitrogens with zero attached hydrogens (tertiary/aromatic N) is 5. The highest BCUT2D eigenvalue weighted by atomic mass is 16.3. The topological polar surface area (TPSA) is 79.1 Å². The third-order valence-corrected chi connectivity index (χ3v) is 5.46. The molecule has 4 aromatic rings. The summed E-state index contributed by atoms with van der Waals surface area (Å²) in [6, 6.07) is 12.0. The lowest BCUT2D eigenvalue weighted by atomic mass is 10.1. The molecule has 0 aliphatic carbocycles. The molecule has 0 saturated carbocycles. The van der Waals surface area contributed by atoms with Crippen molar-refractivity contribution in [1.82, 2.24) is 25.1 Å². The first-order chi connectivity index (χ1) is 13.6. The zero-order chi connectivity index (χ0) is 19.3. The summed E-state index contributed by atoms with van der Waals surface area (Å²) in [6.07, 6.45) is 3.06. The lowest BCUT2D eigenvalue weighted by Gasteiger charge is -2.17. The Morgan fingerprint density at radius 3 is 2.71 bits per heavy atom. The molecule has 1 saturated heterocycles. The fraction of sp³-hybridized carbons (Fsp3) is 0.286. The summed E-state index contributed by atoms with van der Waals surface area (Å²) in [5.74, 6) is 1.16. The largest absolute Gasteiger partial charge is 0.507 e. The van der Waals surface area contributed by atoms with Gasteiger partial charge in [0.05, 0.1) is 22.2 Å². The molecule has 0 bridgehead atoms. The normalized spacial score (nSPS) is 17.1. The number of hydrogen-bond donors (Lipinski definition) is 2. The number of fused-ring (bicyclic) bond motifs is 2. The number of pyridine rings is 2. The van der Waals surface area contributed by atoms with Gasteiger partial charge in [0.25, 0.3) is 0 Å². The van der Waals surface area contributed by atoms with Crippen LogP contribution in [0.3, 0.4) is 0 Å². The maximum atomic E-state index is 10.5. The summed E-state index contributed by atoms with van der Waals surface area (Å²) >= 11 is 0. The van der Waals surface area contributed by atoms with Gasteiger partial charge in [0.15, 0.2) is 0 Å². The Balaban J connectivity index is 1.52. The quantitative estimate of drug-likeness (QED) is 0.574. The first kappa shape index (κ1) is 16.9. The molecule has 1 aliphatic rings. The minimum absolute atomic E-state index is 0.179. The summed E-state index contributed by atoms with van der Waals surface area (Å²) in [6.45, 7) is 1.98. The van der Waals surface area contributed by atoms with Gasteiger partial charge in [-0.3, -0.25) is 4.68 Å². The Hall–Kier alpha value is -3.19. The standard InChI is InChI=1S/C21H22N6O/c1-22-14-7-8-27(12-14)21-6-5-17-18(24-21)4-3-16(23-17)15-9-13-11-26(2)25-19(13)10-20(15)28/h3-6,9-11,14,22,28H,7-8,12H2,1-2H3. The Morgan fingerprint density at radius 1 is 1.07 bits per heavy atom. The van der Waals surface area contributed by atoms with Crippen molar-refractivity contribution in [1.29, 1.82) is 0 Å². The SMILES string of the molecule is CNC1CCN(c2ccc3nc(-c4cc5cn(C)nc5cc4O)ccc3n2)C1. The van der Waals surface area contributed by atoms with Crippen LogP contribution in [0.5, 0.6) is 5.75 Å². The molecule has 3 aromatic heterocycles. The van der Waals surface area contributed by atoms with Gasteiger partial charge < -0.3 is 15.3 Å². The van der Waals surface area contributed by atoms with E-state index >= 15 is 0 Å². The van der Waals surface area contributed by atoms with Crippen LogP contribution in [-0.2, 0) is 7.05 Å².